The first-order valence-electron chi connectivity index (χ1n) is 6.37. The van der Waals surface area contributed by atoms with Crippen LogP contribution in [0.5, 0.6) is 0 Å². The Hall–Kier alpha value is -2.08. The monoisotopic (exact) mass is 279 g/mol. The lowest BCUT2D eigenvalue weighted by Crippen LogP contribution is -2.31. The molecule has 0 bridgehead atoms. The summed E-state index contributed by atoms with van der Waals surface area (Å²) in [5.41, 5.74) is 0.886. The van der Waals surface area contributed by atoms with Gasteiger partial charge in [0.05, 0.1) is 13.1 Å². The number of carbonyl (C=O) groups excluding carboxylic acids is 2. The smallest absolute Gasteiger partial charge is 0.410 e. The van der Waals surface area contributed by atoms with Crippen LogP contribution < -0.4 is 0 Å². The van der Waals surface area contributed by atoms with Crippen molar-refractivity contribution >= 4 is 12.1 Å². The second-order valence-electron chi connectivity index (χ2n) is 4.66. The Bertz CT molecular complexity index is 476. The van der Waals surface area contributed by atoms with Gasteiger partial charge in [-0.15, -0.1) is 0 Å². The van der Waals surface area contributed by atoms with Crippen molar-refractivity contribution < 1.29 is 24.2 Å². The number of aliphatic hydroxyl groups excluding tert-OH is 1. The molecule has 1 heterocycles. The number of hydrogen-bond donors (Lipinski definition) is 1. The van der Waals surface area contributed by atoms with E-state index in [9.17, 15) is 14.7 Å². The van der Waals surface area contributed by atoms with Crippen LogP contribution in [0.1, 0.15) is 12.5 Å². The average Bonchev–Trinajstić information content (AvgIpc) is 2.78. The van der Waals surface area contributed by atoms with Gasteiger partial charge in [0.15, 0.2) is 0 Å². The fourth-order valence-electron chi connectivity index (χ4n) is 2.05. The maximum absolute atomic E-state index is 11.8. The number of carbonyl (C=O) groups is 2. The summed E-state index contributed by atoms with van der Waals surface area (Å²) in [4.78, 5) is 24.0. The third-order valence-electron chi connectivity index (χ3n) is 3.02. The second-order valence-corrected chi connectivity index (χ2v) is 4.66. The maximum atomic E-state index is 11.8. The Kier molecular flexibility index (Phi) is 4.57. The van der Waals surface area contributed by atoms with Crippen LogP contribution in [0.2, 0.25) is 0 Å². The Morgan fingerprint density at radius 1 is 1.30 bits per heavy atom. The summed E-state index contributed by atoms with van der Waals surface area (Å²) in [6.45, 7) is 1.69. The first-order chi connectivity index (χ1) is 9.56. The van der Waals surface area contributed by atoms with Crippen molar-refractivity contribution in [1.82, 2.24) is 4.90 Å². The Labute approximate surface area is 116 Å². The standard InChI is InChI=1S/C14H17NO5/c1-10(16)20-13-8-15(7-12(13)17)14(18)19-9-11-5-3-2-4-6-11/h2-6,12-13,17H,7-9H2,1H3/t12-,13+/m1/s1. The second kappa shape index (κ2) is 6.38. The van der Waals surface area contributed by atoms with E-state index in [2.05, 4.69) is 0 Å². The highest BCUT2D eigenvalue weighted by Gasteiger charge is 2.36. The number of rotatable bonds is 3. The van der Waals surface area contributed by atoms with Gasteiger partial charge in [0.2, 0.25) is 0 Å². The molecule has 0 radical (unpaired) electrons. The summed E-state index contributed by atoms with van der Waals surface area (Å²) in [6, 6.07) is 9.31. The summed E-state index contributed by atoms with van der Waals surface area (Å²) < 4.78 is 10.1. The number of hydrogen-bond acceptors (Lipinski definition) is 5. The third kappa shape index (κ3) is 3.71. The predicted octanol–water partition coefficient (Wildman–Crippen LogP) is 0.931. The van der Waals surface area contributed by atoms with Crippen molar-refractivity contribution in [1.29, 1.82) is 0 Å². The van der Waals surface area contributed by atoms with Gasteiger partial charge >= 0.3 is 12.1 Å². The molecule has 1 amide bonds. The fourth-order valence-corrected chi connectivity index (χ4v) is 2.05. The quantitative estimate of drug-likeness (QED) is 0.833. The summed E-state index contributed by atoms with van der Waals surface area (Å²) >= 11 is 0. The molecule has 1 aromatic rings. The summed E-state index contributed by atoms with van der Waals surface area (Å²) in [5.74, 6) is -0.478. The maximum Gasteiger partial charge on any atom is 0.410 e. The number of esters is 1. The molecular weight excluding hydrogens is 262 g/mol. The number of β-amino-alcohol motifs (C(OH)–C–C–N with tert-alkyl or cyclic N) is 1. The summed E-state index contributed by atoms with van der Waals surface area (Å²) in [6.07, 6.45) is -2.08. The van der Waals surface area contributed by atoms with Crippen molar-refractivity contribution in [2.24, 2.45) is 0 Å². The van der Waals surface area contributed by atoms with E-state index in [-0.39, 0.29) is 19.7 Å². The minimum Gasteiger partial charge on any atom is -0.458 e. The Morgan fingerprint density at radius 3 is 2.65 bits per heavy atom. The molecule has 2 rings (SSSR count). The molecule has 2 atom stereocenters. The molecule has 108 valence electrons. The van der Waals surface area contributed by atoms with E-state index in [1.165, 1.54) is 11.8 Å². The molecular formula is C14H17NO5. The number of nitrogens with zero attached hydrogens (tertiary/aromatic N) is 1. The third-order valence-corrected chi connectivity index (χ3v) is 3.02. The van der Waals surface area contributed by atoms with Gasteiger partial charge < -0.3 is 19.5 Å². The van der Waals surface area contributed by atoms with Crippen molar-refractivity contribution in [2.45, 2.75) is 25.7 Å². The van der Waals surface area contributed by atoms with Crippen LogP contribution in [-0.4, -0.2) is 47.4 Å². The molecule has 0 aromatic heterocycles. The molecule has 1 aliphatic rings. The van der Waals surface area contributed by atoms with Gasteiger partial charge in [-0.2, -0.15) is 0 Å². The Morgan fingerprint density at radius 2 is 2.00 bits per heavy atom. The molecule has 1 aliphatic heterocycles. The first-order valence-corrected chi connectivity index (χ1v) is 6.37. The molecule has 1 aromatic carbocycles. The topological polar surface area (TPSA) is 76.1 Å². The van der Waals surface area contributed by atoms with Crippen molar-refractivity contribution in [3.8, 4) is 0 Å². The van der Waals surface area contributed by atoms with Gasteiger partial charge in [-0.3, -0.25) is 4.79 Å². The molecule has 20 heavy (non-hydrogen) atoms. The first kappa shape index (κ1) is 14.3. The van der Waals surface area contributed by atoms with Crippen molar-refractivity contribution in [2.75, 3.05) is 13.1 Å². The lowest BCUT2D eigenvalue weighted by atomic mass is 10.2. The van der Waals surface area contributed by atoms with Crippen LogP contribution in [0.3, 0.4) is 0 Å². The van der Waals surface area contributed by atoms with E-state index in [0.717, 1.165) is 5.56 Å². The molecule has 0 aliphatic carbocycles. The van der Waals surface area contributed by atoms with Gasteiger partial charge in [-0.25, -0.2) is 4.79 Å². The lowest BCUT2D eigenvalue weighted by Gasteiger charge is -2.15. The van der Waals surface area contributed by atoms with Gasteiger partial charge in [-0.05, 0) is 5.56 Å². The van der Waals surface area contributed by atoms with E-state index >= 15 is 0 Å². The van der Waals surface area contributed by atoms with E-state index in [4.69, 9.17) is 9.47 Å². The molecule has 0 unspecified atom stereocenters. The number of likely N-dealkylation sites (tertiary alicyclic amines) is 1. The fraction of sp³-hybridized carbons (Fsp3) is 0.429. The van der Waals surface area contributed by atoms with E-state index in [0.29, 0.717) is 0 Å². The largest absolute Gasteiger partial charge is 0.458 e. The number of ether oxygens (including phenoxy) is 2. The number of aliphatic hydroxyl groups is 1. The van der Waals surface area contributed by atoms with Gasteiger partial charge in [0.25, 0.3) is 0 Å². The molecule has 1 N–H and O–H groups in total. The summed E-state index contributed by atoms with van der Waals surface area (Å²) in [5, 5.41) is 9.72. The lowest BCUT2D eigenvalue weighted by molar-refractivity contribution is -0.149. The normalized spacial score (nSPS) is 21.6. The van der Waals surface area contributed by atoms with Gasteiger partial charge in [-0.1, -0.05) is 30.3 Å². The average molecular weight is 279 g/mol. The van der Waals surface area contributed by atoms with Crippen LogP contribution in [0.25, 0.3) is 0 Å². The predicted molar refractivity (Wildman–Crippen MR) is 69.8 cm³/mol. The van der Waals surface area contributed by atoms with Crippen LogP contribution in [0.4, 0.5) is 4.79 Å². The van der Waals surface area contributed by atoms with Gasteiger partial charge in [0.1, 0.15) is 18.8 Å². The minimum absolute atomic E-state index is 0.103. The van der Waals surface area contributed by atoms with Crippen molar-refractivity contribution in [3.05, 3.63) is 35.9 Å². The van der Waals surface area contributed by atoms with Gasteiger partial charge in [0, 0.05) is 6.92 Å². The molecule has 6 nitrogen and oxygen atoms in total. The molecule has 0 saturated carbocycles. The summed E-state index contributed by atoms with van der Waals surface area (Å²) in [7, 11) is 0. The highest BCUT2D eigenvalue weighted by molar-refractivity contribution is 5.69. The van der Waals surface area contributed by atoms with E-state index < -0.39 is 24.3 Å². The minimum atomic E-state index is -0.872. The zero-order valence-electron chi connectivity index (χ0n) is 11.2. The molecule has 0 spiro atoms. The van der Waals surface area contributed by atoms with Crippen LogP contribution in [-0.2, 0) is 20.9 Å². The van der Waals surface area contributed by atoms with Crippen LogP contribution in [0, 0.1) is 0 Å². The SMILES string of the molecule is CC(=O)O[C@H]1CN(C(=O)OCc2ccccc2)C[C@H]1O. The molecule has 6 heteroatoms. The van der Waals surface area contributed by atoms with Crippen molar-refractivity contribution in [3.63, 3.8) is 0 Å². The molecule has 1 fully saturated rings. The van der Waals surface area contributed by atoms with Crippen LogP contribution >= 0.6 is 0 Å². The van der Waals surface area contributed by atoms with E-state index in [1.54, 1.807) is 0 Å². The number of benzene rings is 1. The number of amides is 1. The highest BCUT2D eigenvalue weighted by atomic mass is 16.6. The molecule has 1 saturated heterocycles. The van der Waals surface area contributed by atoms with E-state index in [1.807, 2.05) is 30.3 Å². The van der Waals surface area contributed by atoms with Crippen LogP contribution in [0.15, 0.2) is 30.3 Å². The highest BCUT2D eigenvalue weighted by Crippen LogP contribution is 2.15. The zero-order valence-corrected chi connectivity index (χ0v) is 11.2. The zero-order chi connectivity index (χ0) is 14.5. The Balaban J connectivity index is 1.83.